The molecular weight excluding hydrogens is 408 g/mol. The zero-order valence-electron chi connectivity index (χ0n) is 14.9. The lowest BCUT2D eigenvalue weighted by Gasteiger charge is -2.41. The summed E-state index contributed by atoms with van der Waals surface area (Å²) in [4.78, 5) is 47.7. The number of nitro groups is 1. The fraction of sp³-hybridized carbons (Fsp3) is 0.353. The maximum absolute atomic E-state index is 12.6. The van der Waals surface area contributed by atoms with Crippen molar-refractivity contribution < 1.29 is 28.8 Å². The zero-order valence-corrected chi connectivity index (χ0v) is 16.6. The number of methoxy groups -OCH3 is 1. The van der Waals surface area contributed by atoms with Crippen molar-refractivity contribution in [3.8, 4) is 0 Å². The molecule has 1 saturated heterocycles. The summed E-state index contributed by atoms with van der Waals surface area (Å²) in [6.07, 6.45) is -0.641. The molecule has 0 radical (unpaired) electrons. The van der Waals surface area contributed by atoms with Gasteiger partial charge in [0, 0.05) is 19.2 Å². The van der Waals surface area contributed by atoms with Crippen LogP contribution in [0.5, 0.6) is 0 Å². The van der Waals surface area contributed by atoms with Gasteiger partial charge in [-0.05, 0) is 24.6 Å². The van der Waals surface area contributed by atoms with Gasteiger partial charge in [-0.25, -0.2) is 4.79 Å². The minimum Gasteiger partial charge on any atom is -0.456 e. The predicted octanol–water partition coefficient (Wildman–Crippen LogP) is 2.06. The minimum atomic E-state index is -0.692. The van der Waals surface area contributed by atoms with E-state index in [2.05, 4.69) is 0 Å². The number of rotatable bonds is 8. The fourth-order valence-corrected chi connectivity index (χ4v) is 5.23. The number of ketones is 1. The number of nitro benzene ring substituents is 1. The molecule has 1 amide bonds. The zero-order chi connectivity index (χ0) is 20.4. The van der Waals surface area contributed by atoms with Gasteiger partial charge in [0.25, 0.3) is 11.6 Å². The van der Waals surface area contributed by atoms with Crippen molar-refractivity contribution in [2.24, 2.45) is 0 Å². The van der Waals surface area contributed by atoms with Crippen molar-refractivity contribution in [2.45, 2.75) is 25.0 Å². The summed E-state index contributed by atoms with van der Waals surface area (Å²) in [5, 5.41) is 10.3. The first kappa shape index (κ1) is 20.4. The molecule has 1 fully saturated rings. The molecule has 2 atom stereocenters. The fourth-order valence-electron chi connectivity index (χ4n) is 2.65. The summed E-state index contributed by atoms with van der Waals surface area (Å²) in [6.45, 7) is 1.34. The average Bonchev–Trinajstić information content (AvgIpc) is 3.00. The highest BCUT2D eigenvalue weighted by Gasteiger charge is 2.57. The van der Waals surface area contributed by atoms with Crippen LogP contribution in [-0.2, 0) is 30.5 Å². The largest absolute Gasteiger partial charge is 0.456 e. The number of fused-ring (bicyclic) bond motifs is 1. The van der Waals surface area contributed by atoms with Crippen LogP contribution >= 0.6 is 23.5 Å². The Hall–Kier alpha value is -2.37. The molecular formula is C17H16N2O7S2. The molecule has 9 nitrogen and oxygen atoms in total. The number of benzene rings is 1. The maximum Gasteiger partial charge on any atom is 0.357 e. The third kappa shape index (κ3) is 3.91. The molecule has 0 bridgehead atoms. The number of hydrogen-bond donors (Lipinski definition) is 0. The standard InChI is InChI=1S/C17H16N2O7S2/c1-9(20)8-27-17-12(18-14(21)13(25-2)15(18)28-17)16(22)26-7-10-3-5-11(6-4-10)19(23)24/h3-6,13,15H,7-8H2,1-2H3/t13?,15-/m0/s1. The summed E-state index contributed by atoms with van der Waals surface area (Å²) in [5.74, 6) is -0.906. The van der Waals surface area contributed by atoms with Crippen molar-refractivity contribution in [3.05, 3.63) is 49.9 Å². The molecule has 11 heteroatoms. The molecule has 0 aliphatic carbocycles. The SMILES string of the molecule is COC1C(=O)N2C(C(=O)OCc3ccc([N+](=O)[O-])cc3)=C(SCC(C)=O)S[C@@H]12. The Bertz CT molecular complexity index is 869. The van der Waals surface area contributed by atoms with Gasteiger partial charge in [0.15, 0.2) is 11.8 Å². The lowest BCUT2D eigenvalue weighted by Crippen LogP contribution is -2.61. The molecule has 0 saturated carbocycles. The highest BCUT2D eigenvalue weighted by Crippen LogP contribution is 2.51. The molecule has 1 aromatic rings. The minimum absolute atomic E-state index is 0.0550. The number of amides is 1. The number of Topliss-reactive ketones (excluding diaryl/α,β-unsaturated/α-hetero) is 1. The van der Waals surface area contributed by atoms with E-state index in [1.165, 1.54) is 66.7 Å². The van der Waals surface area contributed by atoms with Crippen molar-refractivity contribution in [1.82, 2.24) is 4.90 Å². The van der Waals surface area contributed by atoms with Crippen LogP contribution in [0.3, 0.4) is 0 Å². The van der Waals surface area contributed by atoms with Crippen molar-refractivity contribution in [1.29, 1.82) is 0 Å². The van der Waals surface area contributed by atoms with Gasteiger partial charge in [-0.2, -0.15) is 0 Å². The summed E-state index contributed by atoms with van der Waals surface area (Å²) in [7, 11) is 1.42. The smallest absolute Gasteiger partial charge is 0.357 e. The lowest BCUT2D eigenvalue weighted by molar-refractivity contribution is -0.384. The van der Waals surface area contributed by atoms with E-state index >= 15 is 0 Å². The highest BCUT2D eigenvalue weighted by atomic mass is 32.2. The average molecular weight is 424 g/mol. The molecule has 0 spiro atoms. The number of hydrogen-bond acceptors (Lipinski definition) is 9. The van der Waals surface area contributed by atoms with Crippen LogP contribution in [0, 0.1) is 10.1 Å². The molecule has 28 heavy (non-hydrogen) atoms. The number of carbonyl (C=O) groups is 3. The van der Waals surface area contributed by atoms with Crippen LogP contribution in [0.25, 0.3) is 0 Å². The van der Waals surface area contributed by atoms with E-state index in [9.17, 15) is 24.5 Å². The molecule has 148 valence electrons. The summed E-state index contributed by atoms with van der Waals surface area (Å²) in [5.41, 5.74) is 0.623. The molecule has 2 aliphatic heterocycles. The van der Waals surface area contributed by atoms with Gasteiger partial charge in [-0.1, -0.05) is 11.8 Å². The second kappa shape index (κ2) is 8.33. The van der Waals surface area contributed by atoms with E-state index in [4.69, 9.17) is 9.47 Å². The van der Waals surface area contributed by atoms with Gasteiger partial charge in [-0.15, -0.1) is 11.8 Å². The lowest BCUT2D eigenvalue weighted by atomic mass is 10.1. The Morgan fingerprint density at radius 3 is 2.57 bits per heavy atom. The van der Waals surface area contributed by atoms with Gasteiger partial charge in [0.05, 0.1) is 14.9 Å². The van der Waals surface area contributed by atoms with Crippen molar-refractivity contribution in [3.63, 3.8) is 0 Å². The van der Waals surface area contributed by atoms with Gasteiger partial charge >= 0.3 is 5.97 Å². The summed E-state index contributed by atoms with van der Waals surface area (Å²) >= 11 is 2.48. The van der Waals surface area contributed by atoms with Crippen molar-refractivity contribution >= 4 is 46.9 Å². The summed E-state index contributed by atoms with van der Waals surface area (Å²) < 4.78 is 11.0. The van der Waals surface area contributed by atoms with Crippen LogP contribution in [0.1, 0.15) is 12.5 Å². The van der Waals surface area contributed by atoms with Crippen molar-refractivity contribution in [2.75, 3.05) is 12.9 Å². The topological polar surface area (TPSA) is 116 Å². The van der Waals surface area contributed by atoms with E-state index in [-0.39, 0.29) is 40.8 Å². The van der Waals surface area contributed by atoms with E-state index < -0.39 is 17.0 Å². The predicted molar refractivity (Wildman–Crippen MR) is 102 cm³/mol. The first-order valence-electron chi connectivity index (χ1n) is 8.13. The van der Waals surface area contributed by atoms with E-state index in [1.54, 1.807) is 0 Å². The maximum atomic E-state index is 12.6. The Morgan fingerprint density at radius 2 is 2.00 bits per heavy atom. The molecule has 1 aromatic carbocycles. The summed E-state index contributed by atoms with van der Waals surface area (Å²) in [6, 6.07) is 5.63. The first-order valence-corrected chi connectivity index (χ1v) is 9.99. The van der Waals surface area contributed by atoms with E-state index in [0.29, 0.717) is 9.80 Å². The molecule has 1 unspecified atom stereocenters. The van der Waals surface area contributed by atoms with Gasteiger partial charge in [-0.3, -0.25) is 24.6 Å². The highest BCUT2D eigenvalue weighted by molar-refractivity contribution is 8.23. The second-order valence-corrected chi connectivity index (χ2v) is 8.37. The number of nitrogens with zero attached hydrogens (tertiary/aromatic N) is 2. The van der Waals surface area contributed by atoms with Crippen LogP contribution in [0.4, 0.5) is 5.69 Å². The van der Waals surface area contributed by atoms with Crippen LogP contribution in [-0.4, -0.2) is 51.8 Å². The van der Waals surface area contributed by atoms with Gasteiger partial charge in [0.2, 0.25) is 0 Å². The van der Waals surface area contributed by atoms with E-state index in [0.717, 1.165) is 0 Å². The third-order valence-electron chi connectivity index (χ3n) is 4.03. The Labute approximate surface area is 168 Å². The number of non-ortho nitro benzene ring substituents is 1. The molecule has 0 aromatic heterocycles. The molecule has 3 rings (SSSR count). The van der Waals surface area contributed by atoms with E-state index in [1.807, 2.05) is 0 Å². The van der Waals surface area contributed by atoms with Crippen LogP contribution in [0.15, 0.2) is 34.2 Å². The third-order valence-corrected chi connectivity index (χ3v) is 6.78. The molecule has 0 N–H and O–H groups in total. The van der Waals surface area contributed by atoms with Crippen LogP contribution < -0.4 is 0 Å². The second-order valence-electron chi connectivity index (χ2n) is 6.00. The monoisotopic (exact) mass is 424 g/mol. The Morgan fingerprint density at radius 1 is 1.32 bits per heavy atom. The molecule has 2 heterocycles. The normalized spacial score (nSPS) is 20.6. The number of β-lactam (4-membered cyclic amide) rings is 1. The quantitative estimate of drug-likeness (QED) is 0.267. The Kier molecular flexibility index (Phi) is 6.06. The number of ether oxygens (including phenoxy) is 2. The number of carbonyl (C=O) groups excluding carboxylic acids is 3. The Balaban J connectivity index is 1.72. The van der Waals surface area contributed by atoms with Gasteiger partial charge < -0.3 is 9.47 Å². The molecule has 2 aliphatic rings. The number of esters is 1. The van der Waals surface area contributed by atoms with Crippen LogP contribution in [0.2, 0.25) is 0 Å². The van der Waals surface area contributed by atoms with Gasteiger partial charge in [0.1, 0.15) is 17.8 Å². The first-order chi connectivity index (χ1) is 13.3. The number of thioether (sulfide) groups is 2.